The second-order valence-corrected chi connectivity index (χ2v) is 9.49. The van der Waals surface area contributed by atoms with Gasteiger partial charge < -0.3 is 15.4 Å². The van der Waals surface area contributed by atoms with E-state index in [1.807, 2.05) is 20.8 Å². The molecule has 8 heteroatoms. The fourth-order valence-corrected chi connectivity index (χ4v) is 5.36. The van der Waals surface area contributed by atoms with Gasteiger partial charge in [0.15, 0.2) is 5.11 Å². The maximum Gasteiger partial charge on any atom is 0.243 e. The Labute approximate surface area is 175 Å². The first kappa shape index (κ1) is 22.9. The van der Waals surface area contributed by atoms with Crippen LogP contribution < -0.4 is 15.4 Å². The van der Waals surface area contributed by atoms with Crippen molar-refractivity contribution in [3.05, 3.63) is 18.2 Å². The maximum absolute atomic E-state index is 12.9. The number of nitrogens with one attached hydrogen (secondary N) is 2. The van der Waals surface area contributed by atoms with Crippen molar-refractivity contribution < 1.29 is 13.2 Å². The van der Waals surface area contributed by atoms with E-state index in [1.165, 1.54) is 23.6 Å². The molecule has 2 atom stereocenters. The lowest BCUT2D eigenvalue weighted by Crippen LogP contribution is -2.43. The van der Waals surface area contributed by atoms with E-state index in [0.29, 0.717) is 48.2 Å². The Bertz CT molecular complexity index is 764. The van der Waals surface area contributed by atoms with E-state index in [4.69, 9.17) is 17.0 Å². The lowest BCUT2D eigenvalue weighted by Gasteiger charge is -2.30. The van der Waals surface area contributed by atoms with Gasteiger partial charge >= 0.3 is 0 Å². The minimum atomic E-state index is -3.55. The highest BCUT2D eigenvalue weighted by Gasteiger charge is 2.24. The summed E-state index contributed by atoms with van der Waals surface area (Å²) in [5.74, 6) is 1.15. The molecule has 0 bridgehead atoms. The van der Waals surface area contributed by atoms with Crippen molar-refractivity contribution in [1.29, 1.82) is 0 Å². The molecule has 0 radical (unpaired) electrons. The third-order valence-corrected chi connectivity index (χ3v) is 7.54. The number of hydrogen-bond donors (Lipinski definition) is 2. The zero-order chi connectivity index (χ0) is 20.7. The predicted molar refractivity (Wildman–Crippen MR) is 118 cm³/mol. The lowest BCUT2D eigenvalue weighted by molar-refractivity contribution is 0.309. The minimum absolute atomic E-state index is 0.232. The molecule has 0 spiro atoms. The zero-order valence-electron chi connectivity index (χ0n) is 17.3. The van der Waals surface area contributed by atoms with Crippen LogP contribution in [-0.4, -0.2) is 43.6 Å². The first-order valence-corrected chi connectivity index (χ1v) is 12.0. The largest absolute Gasteiger partial charge is 0.492 e. The summed E-state index contributed by atoms with van der Waals surface area (Å²) >= 11 is 5.51. The van der Waals surface area contributed by atoms with Gasteiger partial charge in [0.1, 0.15) is 5.75 Å². The number of benzene rings is 1. The Morgan fingerprint density at radius 3 is 2.50 bits per heavy atom. The number of rotatable bonds is 8. The van der Waals surface area contributed by atoms with Gasteiger partial charge in [-0.05, 0) is 56.1 Å². The number of sulfonamides is 1. The van der Waals surface area contributed by atoms with E-state index in [0.717, 1.165) is 6.42 Å². The van der Waals surface area contributed by atoms with Crippen molar-refractivity contribution in [2.45, 2.75) is 64.3 Å². The molecule has 0 amide bonds. The average Bonchev–Trinajstić information content (AvgIpc) is 2.66. The molecular weight excluding hydrogens is 394 g/mol. The van der Waals surface area contributed by atoms with Crippen LogP contribution in [0.2, 0.25) is 0 Å². The highest BCUT2D eigenvalue weighted by atomic mass is 32.2. The van der Waals surface area contributed by atoms with Gasteiger partial charge in [0.2, 0.25) is 10.0 Å². The Morgan fingerprint density at radius 2 is 1.89 bits per heavy atom. The second-order valence-electron chi connectivity index (χ2n) is 7.15. The third kappa shape index (κ3) is 5.58. The number of hydrogen-bond acceptors (Lipinski definition) is 4. The number of ether oxygens (including phenoxy) is 1. The van der Waals surface area contributed by atoms with E-state index in [9.17, 15) is 8.42 Å². The summed E-state index contributed by atoms with van der Waals surface area (Å²) in [6, 6.07) is 5.22. The summed E-state index contributed by atoms with van der Waals surface area (Å²) in [6.07, 6.45) is 4.76. The first-order chi connectivity index (χ1) is 13.3. The third-order valence-electron chi connectivity index (χ3n) is 5.27. The monoisotopic (exact) mass is 427 g/mol. The van der Waals surface area contributed by atoms with Gasteiger partial charge in [-0.1, -0.05) is 33.6 Å². The van der Waals surface area contributed by atoms with Crippen molar-refractivity contribution in [1.82, 2.24) is 9.62 Å². The fourth-order valence-electron chi connectivity index (χ4n) is 3.62. The van der Waals surface area contributed by atoms with Gasteiger partial charge in [-0.3, -0.25) is 0 Å². The predicted octanol–water partition coefficient (Wildman–Crippen LogP) is 3.98. The number of thiocarbonyl (C=S) groups is 1. The highest BCUT2D eigenvalue weighted by Crippen LogP contribution is 2.30. The molecule has 0 aliphatic heterocycles. The van der Waals surface area contributed by atoms with Gasteiger partial charge in [0.25, 0.3) is 0 Å². The van der Waals surface area contributed by atoms with E-state index in [1.54, 1.807) is 18.2 Å². The van der Waals surface area contributed by atoms with Crippen molar-refractivity contribution in [2.75, 3.05) is 25.0 Å². The SMILES string of the molecule is CCOc1ccc(S(=O)(=O)N(CC)CC)cc1NC(=S)N[C@H]1CCCC[C@@H]1C. The lowest BCUT2D eigenvalue weighted by atomic mass is 9.86. The minimum Gasteiger partial charge on any atom is -0.492 e. The Kier molecular flexibility index (Phi) is 8.52. The van der Waals surface area contributed by atoms with Crippen LogP contribution in [-0.2, 0) is 10.0 Å². The first-order valence-electron chi connectivity index (χ1n) is 10.2. The molecule has 158 valence electrons. The van der Waals surface area contributed by atoms with Gasteiger partial charge in [-0.15, -0.1) is 0 Å². The standard InChI is InChI=1S/C20H33N3O3S2/c1-5-23(6-2)28(24,25)16-12-13-19(26-7-3)18(14-16)22-20(27)21-17-11-9-8-10-15(17)4/h12-15,17H,5-11H2,1-4H3,(H2,21,22,27)/t15-,17-/m0/s1. The molecule has 1 aliphatic carbocycles. The fraction of sp³-hybridized carbons (Fsp3) is 0.650. The molecule has 1 aromatic rings. The van der Waals surface area contributed by atoms with Crippen LogP contribution in [0.1, 0.15) is 53.4 Å². The maximum atomic E-state index is 12.9. The molecule has 1 saturated carbocycles. The second kappa shape index (κ2) is 10.4. The van der Waals surface area contributed by atoms with Crippen LogP contribution in [0.25, 0.3) is 0 Å². The number of anilines is 1. The summed E-state index contributed by atoms with van der Waals surface area (Å²) in [6.45, 7) is 9.13. The molecule has 1 aromatic carbocycles. The van der Waals surface area contributed by atoms with Gasteiger partial charge in [0, 0.05) is 19.1 Å². The van der Waals surface area contributed by atoms with E-state index < -0.39 is 10.0 Å². The molecule has 0 saturated heterocycles. The van der Waals surface area contributed by atoms with Crippen LogP contribution >= 0.6 is 12.2 Å². The van der Waals surface area contributed by atoms with Crippen LogP contribution in [0.5, 0.6) is 5.75 Å². The molecule has 1 fully saturated rings. The van der Waals surface area contributed by atoms with Gasteiger partial charge in [-0.25, -0.2) is 8.42 Å². The topological polar surface area (TPSA) is 70.7 Å². The number of nitrogens with zero attached hydrogens (tertiary/aromatic N) is 1. The average molecular weight is 428 g/mol. The van der Waals surface area contributed by atoms with Crippen LogP contribution in [0.3, 0.4) is 0 Å². The molecule has 2 N–H and O–H groups in total. The summed E-state index contributed by atoms with van der Waals surface area (Å²) in [5, 5.41) is 7.05. The summed E-state index contributed by atoms with van der Waals surface area (Å²) in [7, 11) is -3.55. The van der Waals surface area contributed by atoms with Crippen molar-refractivity contribution in [3.8, 4) is 5.75 Å². The van der Waals surface area contributed by atoms with Crippen molar-refractivity contribution in [3.63, 3.8) is 0 Å². The summed E-state index contributed by atoms with van der Waals surface area (Å²) in [4.78, 5) is 0.232. The smallest absolute Gasteiger partial charge is 0.243 e. The molecule has 0 aromatic heterocycles. The van der Waals surface area contributed by atoms with Gasteiger partial charge in [-0.2, -0.15) is 4.31 Å². The molecule has 6 nitrogen and oxygen atoms in total. The van der Waals surface area contributed by atoms with Crippen molar-refractivity contribution in [2.24, 2.45) is 5.92 Å². The molecule has 0 heterocycles. The highest BCUT2D eigenvalue weighted by molar-refractivity contribution is 7.89. The molecule has 1 aliphatic rings. The van der Waals surface area contributed by atoms with Crippen molar-refractivity contribution >= 4 is 33.0 Å². The summed E-state index contributed by atoms with van der Waals surface area (Å²) < 4.78 is 32.8. The van der Waals surface area contributed by atoms with Crippen LogP contribution in [0.15, 0.2) is 23.1 Å². The Balaban J connectivity index is 2.24. The van der Waals surface area contributed by atoms with E-state index in [-0.39, 0.29) is 4.90 Å². The normalized spacial score (nSPS) is 20.0. The van der Waals surface area contributed by atoms with Gasteiger partial charge in [0.05, 0.1) is 17.2 Å². The van der Waals surface area contributed by atoms with Crippen LogP contribution in [0, 0.1) is 5.92 Å². The van der Waals surface area contributed by atoms with Crippen LogP contribution in [0.4, 0.5) is 5.69 Å². The molecule has 2 rings (SSSR count). The Hall–Kier alpha value is -1.38. The molecular formula is C20H33N3O3S2. The Morgan fingerprint density at radius 1 is 1.21 bits per heavy atom. The zero-order valence-corrected chi connectivity index (χ0v) is 19.0. The molecule has 0 unspecified atom stereocenters. The van der Waals surface area contributed by atoms with E-state index >= 15 is 0 Å². The summed E-state index contributed by atoms with van der Waals surface area (Å²) in [5.41, 5.74) is 0.566. The molecule has 28 heavy (non-hydrogen) atoms. The van der Waals surface area contributed by atoms with E-state index in [2.05, 4.69) is 17.6 Å². The quantitative estimate of drug-likeness (QED) is 0.612.